The van der Waals surface area contributed by atoms with Gasteiger partial charge in [-0.05, 0) is 56.2 Å². The molecule has 1 aromatic rings. The van der Waals surface area contributed by atoms with E-state index in [0.29, 0.717) is 6.04 Å². The molecule has 0 spiro atoms. The minimum Gasteiger partial charge on any atom is -0.296 e. The number of piperidine rings is 1. The van der Waals surface area contributed by atoms with Gasteiger partial charge in [0.2, 0.25) is 0 Å². The minimum atomic E-state index is 0.684. The average molecular weight is 314 g/mol. The van der Waals surface area contributed by atoms with Crippen LogP contribution in [0.25, 0.3) is 0 Å². The van der Waals surface area contributed by atoms with Gasteiger partial charge in [0.05, 0.1) is 0 Å². The van der Waals surface area contributed by atoms with Gasteiger partial charge in [-0.25, -0.2) is 0 Å². The maximum absolute atomic E-state index is 2.84. The van der Waals surface area contributed by atoms with E-state index in [-0.39, 0.29) is 0 Å². The second-order valence-corrected chi connectivity index (χ2v) is 7.88. The molecular weight excluding hydrogens is 278 g/mol. The van der Waals surface area contributed by atoms with Crippen molar-refractivity contribution < 1.29 is 0 Å². The monoisotopic (exact) mass is 313 g/mol. The predicted molar refractivity (Wildman–Crippen MR) is 99.6 cm³/mol. The van der Waals surface area contributed by atoms with E-state index in [0.717, 1.165) is 11.8 Å². The number of nitrogens with zero attached hydrogens (tertiary/aromatic N) is 1. The summed E-state index contributed by atoms with van der Waals surface area (Å²) in [5, 5.41) is 0. The quantitative estimate of drug-likeness (QED) is 0.603. The molecule has 23 heavy (non-hydrogen) atoms. The fourth-order valence-corrected chi connectivity index (χ4v) is 4.89. The Hall–Kier alpha value is -0.820. The number of likely N-dealkylation sites (tertiary alicyclic amines) is 1. The second kappa shape index (κ2) is 8.87. The van der Waals surface area contributed by atoms with E-state index in [2.05, 4.69) is 42.2 Å². The molecule has 3 rings (SSSR count). The van der Waals surface area contributed by atoms with E-state index in [4.69, 9.17) is 0 Å². The summed E-state index contributed by atoms with van der Waals surface area (Å²) in [6.45, 7) is 4.97. The van der Waals surface area contributed by atoms with Crippen molar-refractivity contribution in [2.45, 2.75) is 77.2 Å². The number of benzene rings is 1. The first-order valence-corrected chi connectivity index (χ1v) is 10.2. The standard InChI is InChI=1S/C22H35N/c1-2-3-10-19-15-17-23(18-16-19)22(20-11-6-4-7-12-20)21-13-8-5-9-14-21/h4,6-7,11-12,19,21-22H,2-3,5,8-10,13-18H2,1H3. The maximum atomic E-state index is 2.84. The lowest BCUT2D eigenvalue weighted by atomic mass is 9.79. The van der Waals surface area contributed by atoms with E-state index in [1.807, 2.05) is 0 Å². The lowest BCUT2D eigenvalue weighted by Crippen LogP contribution is -2.40. The molecule has 1 aromatic carbocycles. The van der Waals surface area contributed by atoms with Gasteiger partial charge in [-0.3, -0.25) is 4.90 Å². The van der Waals surface area contributed by atoms with Crippen molar-refractivity contribution in [3.63, 3.8) is 0 Å². The van der Waals surface area contributed by atoms with Crippen LogP contribution in [0, 0.1) is 11.8 Å². The highest BCUT2D eigenvalue weighted by atomic mass is 15.2. The zero-order chi connectivity index (χ0) is 15.9. The van der Waals surface area contributed by atoms with Crippen LogP contribution < -0.4 is 0 Å². The second-order valence-electron chi connectivity index (χ2n) is 7.88. The summed E-state index contributed by atoms with van der Waals surface area (Å²) in [7, 11) is 0. The molecule has 2 aliphatic rings. The fraction of sp³-hybridized carbons (Fsp3) is 0.727. The van der Waals surface area contributed by atoms with Crippen LogP contribution in [0.15, 0.2) is 30.3 Å². The smallest absolute Gasteiger partial charge is 0.0376 e. The van der Waals surface area contributed by atoms with Gasteiger partial charge in [-0.2, -0.15) is 0 Å². The van der Waals surface area contributed by atoms with Gasteiger partial charge in [-0.15, -0.1) is 0 Å². The van der Waals surface area contributed by atoms with E-state index in [1.54, 1.807) is 5.56 Å². The molecule has 128 valence electrons. The van der Waals surface area contributed by atoms with Crippen molar-refractivity contribution in [3.8, 4) is 0 Å². The molecule has 1 atom stereocenters. The third-order valence-electron chi connectivity index (χ3n) is 6.25. The molecule has 1 unspecified atom stereocenters. The normalized spacial score (nSPS) is 23.0. The van der Waals surface area contributed by atoms with Crippen LogP contribution in [-0.4, -0.2) is 18.0 Å². The van der Waals surface area contributed by atoms with Crippen molar-refractivity contribution in [2.24, 2.45) is 11.8 Å². The molecular formula is C22H35N. The zero-order valence-corrected chi connectivity index (χ0v) is 15.1. The van der Waals surface area contributed by atoms with E-state index < -0.39 is 0 Å². The highest BCUT2D eigenvalue weighted by Crippen LogP contribution is 2.40. The number of unbranched alkanes of at least 4 members (excludes halogenated alkanes) is 1. The molecule has 0 bridgehead atoms. The first kappa shape index (κ1) is 17.0. The summed E-state index contributed by atoms with van der Waals surface area (Å²) in [5.41, 5.74) is 1.58. The highest BCUT2D eigenvalue weighted by Gasteiger charge is 2.32. The first-order chi connectivity index (χ1) is 11.4. The van der Waals surface area contributed by atoms with Crippen LogP contribution in [-0.2, 0) is 0 Å². The van der Waals surface area contributed by atoms with Gasteiger partial charge in [0, 0.05) is 6.04 Å². The van der Waals surface area contributed by atoms with Gasteiger partial charge in [0.1, 0.15) is 0 Å². The largest absolute Gasteiger partial charge is 0.296 e. The Kier molecular flexibility index (Phi) is 6.56. The van der Waals surface area contributed by atoms with Crippen LogP contribution >= 0.6 is 0 Å². The Balaban J connectivity index is 1.67. The van der Waals surface area contributed by atoms with E-state index in [1.165, 1.54) is 77.3 Å². The molecule has 2 fully saturated rings. The van der Waals surface area contributed by atoms with Crippen molar-refractivity contribution in [1.29, 1.82) is 0 Å². The van der Waals surface area contributed by atoms with Gasteiger partial charge < -0.3 is 0 Å². The lowest BCUT2D eigenvalue weighted by molar-refractivity contribution is 0.0762. The topological polar surface area (TPSA) is 3.24 Å². The number of rotatable bonds is 6. The van der Waals surface area contributed by atoms with E-state index in [9.17, 15) is 0 Å². The first-order valence-electron chi connectivity index (χ1n) is 10.2. The summed E-state index contributed by atoms with van der Waals surface area (Å²) in [6.07, 6.45) is 14.3. The van der Waals surface area contributed by atoms with Crippen LogP contribution in [0.1, 0.15) is 82.7 Å². The summed E-state index contributed by atoms with van der Waals surface area (Å²) >= 11 is 0. The van der Waals surface area contributed by atoms with Crippen molar-refractivity contribution in [3.05, 3.63) is 35.9 Å². The predicted octanol–water partition coefficient (Wildman–Crippen LogP) is 6.21. The third-order valence-corrected chi connectivity index (χ3v) is 6.25. The number of hydrogen-bond donors (Lipinski definition) is 0. The summed E-state index contributed by atoms with van der Waals surface area (Å²) in [5.74, 6) is 1.88. The molecule has 1 nitrogen and oxygen atoms in total. The molecule has 0 amide bonds. The van der Waals surface area contributed by atoms with Crippen LogP contribution in [0.2, 0.25) is 0 Å². The Morgan fingerprint density at radius 2 is 1.65 bits per heavy atom. The van der Waals surface area contributed by atoms with Gasteiger partial charge in [0.25, 0.3) is 0 Å². The van der Waals surface area contributed by atoms with Gasteiger partial charge >= 0.3 is 0 Å². The van der Waals surface area contributed by atoms with Crippen molar-refractivity contribution in [1.82, 2.24) is 4.90 Å². The highest BCUT2D eigenvalue weighted by molar-refractivity contribution is 5.20. The van der Waals surface area contributed by atoms with Crippen LogP contribution in [0.3, 0.4) is 0 Å². The fourth-order valence-electron chi connectivity index (χ4n) is 4.89. The SMILES string of the molecule is CCCCC1CCN(C(c2ccccc2)C2CCCCC2)CC1. The van der Waals surface area contributed by atoms with E-state index >= 15 is 0 Å². The summed E-state index contributed by atoms with van der Waals surface area (Å²) < 4.78 is 0. The Morgan fingerprint density at radius 1 is 0.957 bits per heavy atom. The molecule has 0 N–H and O–H groups in total. The van der Waals surface area contributed by atoms with Crippen LogP contribution in [0.4, 0.5) is 0 Å². The molecule has 1 aliphatic carbocycles. The summed E-state index contributed by atoms with van der Waals surface area (Å²) in [6, 6.07) is 12.1. The average Bonchev–Trinajstić information content (AvgIpc) is 2.63. The molecule has 1 heteroatoms. The Bertz CT molecular complexity index is 427. The molecule has 1 saturated heterocycles. The van der Waals surface area contributed by atoms with Crippen molar-refractivity contribution in [2.75, 3.05) is 13.1 Å². The van der Waals surface area contributed by atoms with Gasteiger partial charge in [0.15, 0.2) is 0 Å². The lowest BCUT2D eigenvalue weighted by Gasteiger charge is -2.42. The Labute approximate surface area is 143 Å². The summed E-state index contributed by atoms with van der Waals surface area (Å²) in [4.78, 5) is 2.84. The Morgan fingerprint density at radius 3 is 2.30 bits per heavy atom. The third kappa shape index (κ3) is 4.59. The zero-order valence-electron chi connectivity index (χ0n) is 15.1. The minimum absolute atomic E-state index is 0.684. The maximum Gasteiger partial charge on any atom is 0.0376 e. The van der Waals surface area contributed by atoms with Crippen molar-refractivity contribution >= 4 is 0 Å². The molecule has 1 aliphatic heterocycles. The number of hydrogen-bond acceptors (Lipinski definition) is 1. The van der Waals surface area contributed by atoms with Gasteiger partial charge in [-0.1, -0.05) is 75.8 Å². The molecule has 0 radical (unpaired) electrons. The molecule has 0 aromatic heterocycles. The van der Waals surface area contributed by atoms with Crippen LogP contribution in [0.5, 0.6) is 0 Å². The molecule has 1 saturated carbocycles. The molecule has 1 heterocycles.